The van der Waals surface area contributed by atoms with Crippen molar-refractivity contribution in [2.24, 2.45) is 0 Å². The Balaban J connectivity index is 0.00000192. The van der Waals surface area contributed by atoms with E-state index in [0.29, 0.717) is 5.91 Å². The molecule has 0 saturated carbocycles. The molecule has 23 heavy (non-hydrogen) atoms. The van der Waals surface area contributed by atoms with Gasteiger partial charge < -0.3 is 10.2 Å². The molecule has 2 saturated heterocycles. The molecule has 0 aromatic carbocycles. The molecule has 1 atom stereocenters. The molecule has 1 unspecified atom stereocenters. The third-order valence-electron chi connectivity index (χ3n) is 4.68. The zero-order valence-corrected chi connectivity index (χ0v) is 14.7. The number of aryl methyl sites for hydroxylation is 1. The number of hydrogen-bond acceptors (Lipinski definition) is 4. The lowest BCUT2D eigenvalue weighted by molar-refractivity contribution is -0.132. The van der Waals surface area contributed by atoms with E-state index >= 15 is 0 Å². The molecule has 1 aromatic rings. The second-order valence-corrected chi connectivity index (χ2v) is 6.31. The van der Waals surface area contributed by atoms with E-state index in [1.165, 1.54) is 5.56 Å². The monoisotopic (exact) mass is 341 g/mol. The van der Waals surface area contributed by atoms with Crippen molar-refractivity contribution >= 4 is 18.3 Å². The van der Waals surface area contributed by atoms with Crippen LogP contribution in [0.25, 0.3) is 0 Å². The predicted molar refractivity (Wildman–Crippen MR) is 92.6 cm³/mol. The summed E-state index contributed by atoms with van der Waals surface area (Å²) in [6, 6.07) is 0.0642. The third-order valence-corrected chi connectivity index (χ3v) is 4.68. The van der Waals surface area contributed by atoms with Gasteiger partial charge >= 0.3 is 0 Å². The highest BCUT2D eigenvalue weighted by molar-refractivity contribution is 5.85. The molecule has 2 aliphatic heterocycles. The van der Waals surface area contributed by atoms with Gasteiger partial charge in [0.05, 0.1) is 12.2 Å². The van der Waals surface area contributed by atoms with Crippen molar-refractivity contribution in [3.8, 4) is 0 Å². The van der Waals surface area contributed by atoms with E-state index in [1.807, 2.05) is 10.9 Å². The van der Waals surface area contributed by atoms with E-state index in [1.54, 1.807) is 0 Å². The van der Waals surface area contributed by atoms with Crippen LogP contribution in [0.5, 0.6) is 0 Å². The number of nitrogens with one attached hydrogen (secondary N) is 1. The summed E-state index contributed by atoms with van der Waals surface area (Å²) in [6.45, 7) is 8.68. The summed E-state index contributed by atoms with van der Waals surface area (Å²) in [5.74, 6) is 0.304. The molecule has 1 N–H and O–H groups in total. The molecular weight excluding hydrogens is 314 g/mol. The number of amides is 1. The number of halogens is 1. The van der Waals surface area contributed by atoms with Gasteiger partial charge in [0.2, 0.25) is 5.91 Å². The van der Waals surface area contributed by atoms with Gasteiger partial charge in [-0.2, -0.15) is 5.10 Å². The number of hydrogen-bond donors (Lipinski definition) is 1. The number of rotatable bonds is 4. The van der Waals surface area contributed by atoms with E-state index in [4.69, 9.17) is 0 Å². The summed E-state index contributed by atoms with van der Waals surface area (Å²) >= 11 is 0. The molecule has 0 aliphatic carbocycles. The molecule has 7 heteroatoms. The molecule has 2 fully saturated rings. The minimum atomic E-state index is 0. The Hall–Kier alpha value is -1.11. The lowest BCUT2D eigenvalue weighted by Crippen LogP contribution is -2.45. The van der Waals surface area contributed by atoms with Gasteiger partial charge in [-0.25, -0.2) is 0 Å². The van der Waals surface area contributed by atoms with Crippen molar-refractivity contribution in [3.05, 3.63) is 18.0 Å². The van der Waals surface area contributed by atoms with Crippen molar-refractivity contribution in [1.82, 2.24) is 24.9 Å². The summed E-state index contributed by atoms with van der Waals surface area (Å²) in [6.07, 6.45) is 7.25. The molecule has 0 radical (unpaired) electrons. The van der Waals surface area contributed by atoms with Crippen LogP contribution >= 0.6 is 12.4 Å². The van der Waals surface area contributed by atoms with Crippen LogP contribution in [0.4, 0.5) is 0 Å². The number of aromatic nitrogens is 2. The first kappa shape index (κ1) is 18.2. The van der Waals surface area contributed by atoms with Crippen LogP contribution in [-0.2, 0) is 17.9 Å². The third kappa shape index (κ3) is 4.68. The maximum atomic E-state index is 12.5. The lowest BCUT2D eigenvalue weighted by atomic mass is 10.2. The van der Waals surface area contributed by atoms with E-state index < -0.39 is 0 Å². The zero-order valence-electron chi connectivity index (χ0n) is 13.9. The smallest absolute Gasteiger partial charge is 0.239 e. The van der Waals surface area contributed by atoms with Crippen molar-refractivity contribution in [3.63, 3.8) is 0 Å². The first-order valence-electron chi connectivity index (χ1n) is 8.52. The largest absolute Gasteiger partial charge is 0.340 e. The highest BCUT2D eigenvalue weighted by Gasteiger charge is 2.28. The molecule has 1 amide bonds. The van der Waals surface area contributed by atoms with Crippen LogP contribution in [0.3, 0.4) is 0 Å². The average molecular weight is 342 g/mol. The van der Waals surface area contributed by atoms with Crippen LogP contribution in [0.15, 0.2) is 12.4 Å². The fourth-order valence-electron chi connectivity index (χ4n) is 3.38. The number of carbonyl (C=O) groups excluding carboxylic acids is 1. The van der Waals surface area contributed by atoms with Crippen LogP contribution in [-0.4, -0.2) is 64.3 Å². The Kier molecular flexibility index (Phi) is 6.87. The van der Waals surface area contributed by atoms with E-state index in [-0.39, 0.29) is 18.4 Å². The van der Waals surface area contributed by atoms with Gasteiger partial charge in [-0.1, -0.05) is 0 Å². The maximum absolute atomic E-state index is 12.5. The van der Waals surface area contributed by atoms with Gasteiger partial charge in [-0.05, 0) is 32.7 Å². The summed E-state index contributed by atoms with van der Waals surface area (Å²) in [7, 11) is 0. The Labute approximate surface area is 144 Å². The number of carbonyl (C=O) groups is 1. The van der Waals surface area contributed by atoms with Gasteiger partial charge in [0.15, 0.2) is 0 Å². The molecule has 3 rings (SSSR count). The topological polar surface area (TPSA) is 53.4 Å². The average Bonchev–Trinajstić information content (AvgIpc) is 3.16. The fraction of sp³-hybridized carbons (Fsp3) is 0.750. The van der Waals surface area contributed by atoms with Crippen molar-refractivity contribution < 1.29 is 4.79 Å². The van der Waals surface area contributed by atoms with Crippen molar-refractivity contribution in [1.29, 1.82) is 0 Å². The zero-order chi connectivity index (χ0) is 15.4. The highest BCUT2D eigenvalue weighted by atomic mass is 35.5. The minimum absolute atomic E-state index is 0. The van der Waals surface area contributed by atoms with Gasteiger partial charge in [0.25, 0.3) is 0 Å². The Morgan fingerprint density at radius 2 is 2.17 bits per heavy atom. The minimum Gasteiger partial charge on any atom is -0.340 e. The first-order valence-corrected chi connectivity index (χ1v) is 8.52. The van der Waals surface area contributed by atoms with Crippen LogP contribution in [0.2, 0.25) is 0 Å². The molecular formula is C16H28ClN5O. The fourth-order valence-corrected chi connectivity index (χ4v) is 3.38. The van der Waals surface area contributed by atoms with Gasteiger partial charge in [-0.3, -0.25) is 14.4 Å². The van der Waals surface area contributed by atoms with E-state index in [0.717, 1.165) is 65.1 Å². The number of nitrogens with zero attached hydrogens (tertiary/aromatic N) is 4. The Morgan fingerprint density at radius 1 is 1.30 bits per heavy atom. The lowest BCUT2D eigenvalue weighted by Gasteiger charge is -2.24. The van der Waals surface area contributed by atoms with Crippen molar-refractivity contribution in [2.45, 2.75) is 45.3 Å². The first-order chi connectivity index (χ1) is 10.8. The summed E-state index contributed by atoms with van der Waals surface area (Å²) < 4.78 is 1.97. The Morgan fingerprint density at radius 3 is 2.87 bits per heavy atom. The van der Waals surface area contributed by atoms with Crippen LogP contribution in [0, 0.1) is 0 Å². The van der Waals surface area contributed by atoms with Crippen LogP contribution in [0.1, 0.15) is 31.7 Å². The molecule has 1 aromatic heterocycles. The molecule has 6 nitrogen and oxygen atoms in total. The van der Waals surface area contributed by atoms with Gasteiger partial charge in [0.1, 0.15) is 0 Å². The van der Waals surface area contributed by atoms with Crippen molar-refractivity contribution in [2.75, 3.05) is 32.7 Å². The molecule has 0 bridgehead atoms. The van der Waals surface area contributed by atoms with Crippen LogP contribution < -0.4 is 5.32 Å². The van der Waals surface area contributed by atoms with Gasteiger partial charge in [0, 0.05) is 51.0 Å². The molecule has 2 aliphatic rings. The normalized spacial score (nSPS) is 22.7. The standard InChI is InChI=1S/C16H27N5O.ClH/c1-2-21-13-14(11-18-21)12-19-7-4-8-20(10-9-19)16(22)15-5-3-6-17-15;/h11,13,15,17H,2-10,12H2,1H3;1H. The maximum Gasteiger partial charge on any atom is 0.239 e. The summed E-state index contributed by atoms with van der Waals surface area (Å²) in [5, 5.41) is 7.65. The predicted octanol–water partition coefficient (Wildman–Crippen LogP) is 1.11. The SMILES string of the molecule is CCn1cc(CN2CCCN(C(=O)C3CCCN3)CC2)cn1.Cl. The summed E-state index contributed by atoms with van der Waals surface area (Å²) in [5.41, 5.74) is 1.26. The quantitative estimate of drug-likeness (QED) is 0.891. The van der Waals surface area contributed by atoms with E-state index in [2.05, 4.69) is 33.3 Å². The molecule has 130 valence electrons. The van der Waals surface area contributed by atoms with Gasteiger partial charge in [-0.15, -0.1) is 12.4 Å². The molecule has 0 spiro atoms. The summed E-state index contributed by atoms with van der Waals surface area (Å²) in [4.78, 5) is 17.0. The second kappa shape index (κ2) is 8.66. The van der Waals surface area contributed by atoms with E-state index in [9.17, 15) is 4.79 Å². The highest BCUT2D eigenvalue weighted by Crippen LogP contribution is 2.13. The Bertz CT molecular complexity index is 500. The molecule has 3 heterocycles. The second-order valence-electron chi connectivity index (χ2n) is 6.31.